The molecule has 7 heteroatoms. The molecule has 4 rings (SSSR count). The van der Waals surface area contributed by atoms with Crippen LogP contribution in [0.3, 0.4) is 0 Å². The fourth-order valence-corrected chi connectivity index (χ4v) is 3.35. The number of ether oxygens (including phenoxy) is 1. The first-order chi connectivity index (χ1) is 13.5. The molecule has 28 heavy (non-hydrogen) atoms. The molecule has 1 unspecified atom stereocenters. The van der Waals surface area contributed by atoms with Gasteiger partial charge in [-0.25, -0.2) is 4.39 Å². The number of hydrogen-bond donors (Lipinski definition) is 0. The SMILES string of the molecule is CCOc1cccc(-c2noc(C3CC(=O)N(c4ccc(C)cc4F)C3)n2)c1. The van der Waals surface area contributed by atoms with Crippen LogP contribution in [0, 0.1) is 12.7 Å². The van der Waals surface area contributed by atoms with Crippen molar-refractivity contribution in [2.24, 2.45) is 0 Å². The molecule has 1 aliphatic heterocycles. The minimum atomic E-state index is -0.409. The lowest BCUT2D eigenvalue weighted by molar-refractivity contribution is -0.117. The number of aryl methyl sites for hydroxylation is 1. The molecule has 6 nitrogen and oxygen atoms in total. The maximum Gasteiger partial charge on any atom is 0.232 e. The zero-order chi connectivity index (χ0) is 19.7. The summed E-state index contributed by atoms with van der Waals surface area (Å²) in [6.45, 7) is 4.59. The summed E-state index contributed by atoms with van der Waals surface area (Å²) < 4.78 is 25.2. The average Bonchev–Trinajstić information content (AvgIpc) is 3.30. The number of nitrogens with zero attached hydrogens (tertiary/aromatic N) is 3. The van der Waals surface area contributed by atoms with Gasteiger partial charge in [0.2, 0.25) is 17.6 Å². The van der Waals surface area contributed by atoms with Crippen molar-refractivity contribution in [2.45, 2.75) is 26.2 Å². The van der Waals surface area contributed by atoms with E-state index in [4.69, 9.17) is 9.26 Å². The minimum absolute atomic E-state index is 0.161. The van der Waals surface area contributed by atoms with Crippen LogP contribution in [0.2, 0.25) is 0 Å². The van der Waals surface area contributed by atoms with Crippen LogP contribution < -0.4 is 9.64 Å². The van der Waals surface area contributed by atoms with Crippen LogP contribution in [0.15, 0.2) is 47.0 Å². The van der Waals surface area contributed by atoms with Crippen LogP contribution in [0.4, 0.5) is 10.1 Å². The molecule has 1 aliphatic rings. The van der Waals surface area contributed by atoms with E-state index in [-0.39, 0.29) is 23.9 Å². The third-order valence-electron chi connectivity index (χ3n) is 4.71. The first-order valence-corrected chi connectivity index (χ1v) is 9.18. The van der Waals surface area contributed by atoms with Gasteiger partial charge in [0.05, 0.1) is 18.2 Å². The number of anilines is 1. The standard InChI is InChI=1S/C21H20FN3O3/c1-3-27-16-6-4-5-14(10-16)20-23-21(28-24-20)15-11-19(26)25(12-15)18-8-7-13(2)9-17(18)22/h4-10,15H,3,11-12H2,1-2H3. The molecule has 1 fully saturated rings. The van der Waals surface area contributed by atoms with Gasteiger partial charge in [-0.1, -0.05) is 23.4 Å². The maximum absolute atomic E-state index is 14.3. The van der Waals surface area contributed by atoms with Crippen LogP contribution in [0.25, 0.3) is 11.4 Å². The van der Waals surface area contributed by atoms with E-state index >= 15 is 0 Å². The molecule has 1 aromatic heterocycles. The smallest absolute Gasteiger partial charge is 0.232 e. The topological polar surface area (TPSA) is 68.5 Å². The maximum atomic E-state index is 14.3. The largest absolute Gasteiger partial charge is 0.494 e. The molecule has 144 valence electrons. The van der Waals surface area contributed by atoms with Gasteiger partial charge >= 0.3 is 0 Å². The van der Waals surface area contributed by atoms with E-state index in [0.29, 0.717) is 24.9 Å². The summed E-state index contributed by atoms with van der Waals surface area (Å²) in [5.41, 5.74) is 1.86. The molecule has 3 aromatic rings. The van der Waals surface area contributed by atoms with Gasteiger partial charge in [-0.15, -0.1) is 0 Å². The molecule has 0 bridgehead atoms. The Kier molecular flexibility index (Phi) is 4.81. The first-order valence-electron chi connectivity index (χ1n) is 9.18. The summed E-state index contributed by atoms with van der Waals surface area (Å²) >= 11 is 0. The second-order valence-corrected chi connectivity index (χ2v) is 6.78. The summed E-state index contributed by atoms with van der Waals surface area (Å²) in [4.78, 5) is 18.3. The summed E-state index contributed by atoms with van der Waals surface area (Å²) in [5, 5.41) is 4.04. The van der Waals surface area contributed by atoms with E-state index in [1.807, 2.05) is 38.1 Å². The van der Waals surface area contributed by atoms with E-state index in [2.05, 4.69) is 10.1 Å². The van der Waals surface area contributed by atoms with E-state index in [1.165, 1.54) is 11.0 Å². The van der Waals surface area contributed by atoms with Gasteiger partial charge in [0, 0.05) is 18.5 Å². The zero-order valence-electron chi connectivity index (χ0n) is 15.7. The molecule has 0 N–H and O–H groups in total. The van der Waals surface area contributed by atoms with Crippen molar-refractivity contribution in [1.29, 1.82) is 0 Å². The molecule has 1 amide bonds. The number of carbonyl (C=O) groups excluding carboxylic acids is 1. The van der Waals surface area contributed by atoms with Gasteiger partial charge in [-0.2, -0.15) is 4.98 Å². The Morgan fingerprint density at radius 1 is 1.29 bits per heavy atom. The first kappa shape index (κ1) is 18.2. The Labute approximate surface area is 161 Å². The van der Waals surface area contributed by atoms with E-state index in [9.17, 15) is 9.18 Å². The second-order valence-electron chi connectivity index (χ2n) is 6.78. The van der Waals surface area contributed by atoms with Gasteiger partial charge < -0.3 is 14.2 Å². The monoisotopic (exact) mass is 381 g/mol. The lowest BCUT2D eigenvalue weighted by atomic mass is 10.1. The van der Waals surface area contributed by atoms with Crippen molar-refractivity contribution in [1.82, 2.24) is 10.1 Å². The number of hydrogen-bond acceptors (Lipinski definition) is 5. The van der Waals surface area contributed by atoms with Crippen molar-refractivity contribution in [2.75, 3.05) is 18.1 Å². The highest BCUT2D eigenvalue weighted by Gasteiger charge is 2.36. The zero-order valence-corrected chi connectivity index (χ0v) is 15.7. The molecule has 2 aromatic carbocycles. The van der Waals surface area contributed by atoms with Crippen LogP contribution in [0.5, 0.6) is 5.75 Å². The quantitative estimate of drug-likeness (QED) is 0.665. The molecule has 0 saturated carbocycles. The number of rotatable bonds is 5. The third-order valence-corrected chi connectivity index (χ3v) is 4.71. The Morgan fingerprint density at radius 3 is 2.93 bits per heavy atom. The molecule has 0 spiro atoms. The van der Waals surface area contributed by atoms with Crippen LogP contribution in [-0.2, 0) is 4.79 Å². The van der Waals surface area contributed by atoms with Crippen molar-refractivity contribution in [3.63, 3.8) is 0 Å². The summed E-state index contributed by atoms with van der Waals surface area (Å²) in [6.07, 6.45) is 0.202. The summed E-state index contributed by atoms with van der Waals surface area (Å²) in [6, 6.07) is 12.3. The number of benzene rings is 2. The van der Waals surface area contributed by atoms with Crippen LogP contribution in [-0.4, -0.2) is 29.2 Å². The molecule has 0 radical (unpaired) electrons. The average molecular weight is 381 g/mol. The lowest BCUT2D eigenvalue weighted by Gasteiger charge is -2.17. The van der Waals surface area contributed by atoms with Crippen LogP contribution >= 0.6 is 0 Å². The van der Waals surface area contributed by atoms with Gasteiger partial charge in [-0.3, -0.25) is 4.79 Å². The fraction of sp³-hybridized carbons (Fsp3) is 0.286. The predicted molar refractivity (Wildman–Crippen MR) is 102 cm³/mol. The third kappa shape index (κ3) is 3.47. The molecule has 1 saturated heterocycles. The van der Waals surface area contributed by atoms with Crippen molar-refractivity contribution in [3.8, 4) is 17.1 Å². The van der Waals surface area contributed by atoms with Gasteiger partial charge in [0.15, 0.2) is 0 Å². The van der Waals surface area contributed by atoms with E-state index in [1.54, 1.807) is 12.1 Å². The molecular formula is C21H20FN3O3. The molecule has 1 atom stereocenters. The number of amides is 1. The Balaban J connectivity index is 1.55. The van der Waals surface area contributed by atoms with E-state index < -0.39 is 5.82 Å². The Bertz CT molecular complexity index is 1020. The normalized spacial score (nSPS) is 16.6. The van der Waals surface area contributed by atoms with Gasteiger partial charge in [-0.05, 0) is 43.7 Å². The predicted octanol–water partition coefficient (Wildman–Crippen LogP) is 4.10. The van der Waals surface area contributed by atoms with Crippen LogP contribution in [0.1, 0.15) is 30.7 Å². The molecule has 2 heterocycles. The Hall–Kier alpha value is -3.22. The van der Waals surface area contributed by atoms with E-state index in [0.717, 1.165) is 16.9 Å². The molecular weight excluding hydrogens is 361 g/mol. The van der Waals surface area contributed by atoms with Gasteiger partial charge in [0.25, 0.3) is 0 Å². The summed E-state index contributed by atoms with van der Waals surface area (Å²) in [5.74, 6) is 0.691. The number of aromatic nitrogens is 2. The van der Waals surface area contributed by atoms with Crippen molar-refractivity contribution in [3.05, 3.63) is 59.7 Å². The second kappa shape index (κ2) is 7.42. The minimum Gasteiger partial charge on any atom is -0.494 e. The fourth-order valence-electron chi connectivity index (χ4n) is 3.35. The number of carbonyl (C=O) groups is 1. The highest BCUT2D eigenvalue weighted by molar-refractivity contribution is 5.96. The highest BCUT2D eigenvalue weighted by Crippen LogP contribution is 2.33. The number of halogens is 1. The highest BCUT2D eigenvalue weighted by atomic mass is 19.1. The van der Waals surface area contributed by atoms with Crippen molar-refractivity contribution >= 4 is 11.6 Å². The Morgan fingerprint density at radius 2 is 2.14 bits per heavy atom. The van der Waals surface area contributed by atoms with Gasteiger partial charge in [0.1, 0.15) is 11.6 Å². The van der Waals surface area contributed by atoms with Crippen molar-refractivity contribution < 1.29 is 18.4 Å². The summed E-state index contributed by atoms with van der Waals surface area (Å²) in [7, 11) is 0. The molecule has 0 aliphatic carbocycles. The lowest BCUT2D eigenvalue weighted by Crippen LogP contribution is -2.25.